The first-order chi connectivity index (χ1) is 5.65. The average Bonchev–Trinajstić information content (AvgIpc) is 2.03. The molecule has 60 valence electrons. The molecule has 2 N–H and O–H groups in total. The highest BCUT2D eigenvalue weighted by Gasteiger charge is 2.05. The molecule has 0 heterocycles. The molecular weight excluding hydrogens is 220 g/mol. The molecule has 3 nitrogen and oxygen atoms in total. The zero-order valence-electron chi connectivity index (χ0n) is 6.04. The van der Waals surface area contributed by atoms with E-state index in [1.165, 1.54) is 6.07 Å². The Labute approximate surface area is 77.9 Å². The highest BCUT2D eigenvalue weighted by Crippen LogP contribution is 2.17. The van der Waals surface area contributed by atoms with Gasteiger partial charge < -0.3 is 5.73 Å². The first kappa shape index (κ1) is 8.75. The van der Waals surface area contributed by atoms with Crippen LogP contribution in [0.4, 0.5) is 0 Å². The summed E-state index contributed by atoms with van der Waals surface area (Å²) in [5, 5.41) is 8.50. The van der Waals surface area contributed by atoms with E-state index in [0.29, 0.717) is 15.6 Å². The molecule has 0 aliphatic rings. The molecule has 0 unspecified atom stereocenters. The Hall–Kier alpha value is -1.34. The zero-order valence-corrected chi connectivity index (χ0v) is 7.63. The Kier molecular flexibility index (Phi) is 2.46. The molecule has 1 amide bonds. The molecule has 0 saturated carbocycles. The summed E-state index contributed by atoms with van der Waals surface area (Å²) in [7, 11) is 0. The third-order valence-corrected chi connectivity index (χ3v) is 2.02. The summed E-state index contributed by atoms with van der Waals surface area (Å²) >= 11 is 3.14. The maximum absolute atomic E-state index is 10.7. The molecule has 0 atom stereocenters. The van der Waals surface area contributed by atoms with Gasteiger partial charge in [0, 0.05) is 4.47 Å². The molecule has 1 aromatic rings. The lowest BCUT2D eigenvalue weighted by Crippen LogP contribution is -2.11. The quantitative estimate of drug-likeness (QED) is 0.785. The van der Waals surface area contributed by atoms with Crippen molar-refractivity contribution in [2.75, 3.05) is 0 Å². The monoisotopic (exact) mass is 224 g/mol. The lowest BCUT2D eigenvalue weighted by molar-refractivity contribution is 0.0999. The van der Waals surface area contributed by atoms with Gasteiger partial charge >= 0.3 is 0 Å². The van der Waals surface area contributed by atoms with Gasteiger partial charge in [0.25, 0.3) is 0 Å². The molecule has 0 bridgehead atoms. The maximum Gasteiger partial charge on any atom is 0.249 e. The van der Waals surface area contributed by atoms with E-state index in [9.17, 15) is 4.79 Å². The molecular formula is C8H5BrN2O. The molecule has 0 radical (unpaired) electrons. The largest absolute Gasteiger partial charge is 0.366 e. The maximum atomic E-state index is 10.7. The van der Waals surface area contributed by atoms with Crippen molar-refractivity contribution < 1.29 is 4.79 Å². The number of amides is 1. The fourth-order valence-electron chi connectivity index (χ4n) is 0.784. The van der Waals surface area contributed by atoms with Crippen LogP contribution in [0.3, 0.4) is 0 Å². The first-order valence-electron chi connectivity index (χ1n) is 3.14. The van der Waals surface area contributed by atoms with Gasteiger partial charge in [-0.2, -0.15) is 5.26 Å². The predicted molar refractivity (Wildman–Crippen MR) is 47.4 cm³/mol. The summed E-state index contributed by atoms with van der Waals surface area (Å²) < 4.78 is 0.550. The first-order valence-corrected chi connectivity index (χ1v) is 3.94. The van der Waals surface area contributed by atoms with Gasteiger partial charge in [-0.15, -0.1) is 0 Å². The van der Waals surface area contributed by atoms with Crippen LogP contribution in [0, 0.1) is 11.3 Å². The second-order valence-corrected chi connectivity index (χ2v) is 3.03. The Morgan fingerprint density at radius 2 is 2.25 bits per heavy atom. The van der Waals surface area contributed by atoms with Gasteiger partial charge in [-0.25, -0.2) is 0 Å². The second kappa shape index (κ2) is 3.37. The van der Waals surface area contributed by atoms with E-state index in [4.69, 9.17) is 11.0 Å². The Bertz CT molecular complexity index is 368. The number of nitrogens with zero attached hydrogens (tertiary/aromatic N) is 1. The molecule has 12 heavy (non-hydrogen) atoms. The number of carbonyl (C=O) groups is 1. The highest BCUT2D eigenvalue weighted by atomic mass is 79.9. The number of nitriles is 1. The van der Waals surface area contributed by atoms with Crippen LogP contribution in [0.5, 0.6) is 0 Å². The molecule has 1 aromatic carbocycles. The van der Waals surface area contributed by atoms with Crippen molar-refractivity contribution in [1.29, 1.82) is 5.26 Å². The van der Waals surface area contributed by atoms with Gasteiger partial charge in [0.05, 0.1) is 17.2 Å². The normalized spacial score (nSPS) is 9.00. The molecule has 1 rings (SSSR count). The average molecular weight is 225 g/mol. The number of hydrogen-bond acceptors (Lipinski definition) is 2. The Morgan fingerprint density at radius 3 is 2.67 bits per heavy atom. The molecule has 0 aliphatic carbocycles. The summed E-state index contributed by atoms with van der Waals surface area (Å²) in [6.07, 6.45) is 0. The molecule has 0 aromatic heterocycles. The number of primary amides is 1. The van der Waals surface area contributed by atoms with Crippen molar-refractivity contribution in [3.05, 3.63) is 33.8 Å². The predicted octanol–water partition coefficient (Wildman–Crippen LogP) is 1.42. The van der Waals surface area contributed by atoms with E-state index >= 15 is 0 Å². The van der Waals surface area contributed by atoms with Gasteiger partial charge in [0.1, 0.15) is 0 Å². The SMILES string of the molecule is N#Cc1ccc(C(N)=O)c(Br)c1. The van der Waals surface area contributed by atoms with Crippen LogP contribution in [0.1, 0.15) is 15.9 Å². The van der Waals surface area contributed by atoms with E-state index in [0.717, 1.165) is 0 Å². The summed E-state index contributed by atoms with van der Waals surface area (Å²) in [4.78, 5) is 10.7. The summed E-state index contributed by atoms with van der Waals surface area (Å²) in [6, 6.07) is 6.57. The third-order valence-electron chi connectivity index (χ3n) is 1.36. The van der Waals surface area contributed by atoms with Crippen LogP contribution < -0.4 is 5.73 Å². The van der Waals surface area contributed by atoms with Crippen molar-refractivity contribution >= 4 is 21.8 Å². The highest BCUT2D eigenvalue weighted by molar-refractivity contribution is 9.10. The van der Waals surface area contributed by atoms with Crippen LogP contribution in [0.25, 0.3) is 0 Å². The number of halogens is 1. The van der Waals surface area contributed by atoms with Crippen LogP contribution in [0.2, 0.25) is 0 Å². The smallest absolute Gasteiger partial charge is 0.249 e. The minimum absolute atomic E-state index is 0.383. The number of rotatable bonds is 1. The van der Waals surface area contributed by atoms with Crippen molar-refractivity contribution in [3.63, 3.8) is 0 Å². The molecule has 0 saturated heterocycles. The lowest BCUT2D eigenvalue weighted by Gasteiger charge is -1.98. The number of benzene rings is 1. The van der Waals surface area contributed by atoms with E-state index in [-0.39, 0.29) is 0 Å². The fourth-order valence-corrected chi connectivity index (χ4v) is 1.36. The second-order valence-electron chi connectivity index (χ2n) is 2.17. The topological polar surface area (TPSA) is 66.9 Å². The van der Waals surface area contributed by atoms with Gasteiger partial charge in [-0.1, -0.05) is 0 Å². The Balaban J connectivity index is 3.23. The number of carbonyl (C=O) groups excluding carboxylic acids is 1. The zero-order chi connectivity index (χ0) is 9.14. The minimum Gasteiger partial charge on any atom is -0.366 e. The fraction of sp³-hybridized carbons (Fsp3) is 0. The summed E-state index contributed by atoms with van der Waals surface area (Å²) in [6.45, 7) is 0. The van der Waals surface area contributed by atoms with E-state index in [1.54, 1.807) is 12.1 Å². The third kappa shape index (κ3) is 1.63. The van der Waals surface area contributed by atoms with Crippen molar-refractivity contribution in [2.45, 2.75) is 0 Å². The van der Waals surface area contributed by atoms with Crippen molar-refractivity contribution in [2.24, 2.45) is 5.73 Å². The van der Waals surface area contributed by atoms with Crippen molar-refractivity contribution in [3.8, 4) is 6.07 Å². The van der Waals surface area contributed by atoms with E-state index in [2.05, 4.69) is 15.9 Å². The molecule has 0 fully saturated rings. The van der Waals surface area contributed by atoms with Gasteiger partial charge in [-0.05, 0) is 34.1 Å². The lowest BCUT2D eigenvalue weighted by atomic mass is 10.1. The summed E-state index contributed by atoms with van der Waals surface area (Å²) in [5.41, 5.74) is 5.93. The molecule has 4 heteroatoms. The van der Waals surface area contributed by atoms with Crippen LogP contribution in [0.15, 0.2) is 22.7 Å². The van der Waals surface area contributed by atoms with Gasteiger partial charge in [0.2, 0.25) is 5.91 Å². The van der Waals surface area contributed by atoms with Gasteiger partial charge in [-0.3, -0.25) is 4.79 Å². The minimum atomic E-state index is -0.508. The summed E-state index contributed by atoms with van der Waals surface area (Å²) in [5.74, 6) is -0.508. The Morgan fingerprint density at radius 1 is 1.58 bits per heavy atom. The molecule has 0 spiro atoms. The number of nitrogens with two attached hydrogens (primary N) is 1. The van der Waals surface area contributed by atoms with E-state index < -0.39 is 5.91 Å². The van der Waals surface area contributed by atoms with Crippen LogP contribution in [-0.2, 0) is 0 Å². The van der Waals surface area contributed by atoms with Crippen LogP contribution in [-0.4, -0.2) is 5.91 Å². The standard InChI is InChI=1S/C8H5BrN2O/c9-7-3-5(4-10)1-2-6(7)8(11)12/h1-3H,(H2,11,12). The van der Waals surface area contributed by atoms with Gasteiger partial charge in [0.15, 0.2) is 0 Å². The van der Waals surface area contributed by atoms with Crippen molar-refractivity contribution in [1.82, 2.24) is 0 Å². The van der Waals surface area contributed by atoms with Crippen LogP contribution >= 0.6 is 15.9 Å². The van der Waals surface area contributed by atoms with E-state index in [1.807, 2.05) is 6.07 Å². The molecule has 0 aliphatic heterocycles. The number of hydrogen-bond donors (Lipinski definition) is 1.